The second-order valence-electron chi connectivity index (χ2n) is 7.79. The molecule has 1 N–H and O–H groups in total. The van der Waals surface area contributed by atoms with Gasteiger partial charge < -0.3 is 9.64 Å². The Morgan fingerprint density at radius 1 is 1.14 bits per heavy atom. The van der Waals surface area contributed by atoms with Gasteiger partial charge in [0.2, 0.25) is 10.0 Å². The summed E-state index contributed by atoms with van der Waals surface area (Å²) in [6.07, 6.45) is 8.10. The molecule has 1 aliphatic rings. The molecule has 1 fully saturated rings. The normalized spacial score (nSPS) is 22.1. The van der Waals surface area contributed by atoms with Crippen molar-refractivity contribution in [3.63, 3.8) is 0 Å². The molecule has 0 aromatic carbocycles. The van der Waals surface area contributed by atoms with E-state index in [4.69, 9.17) is 4.74 Å². The number of cyclic esters (lactones) is 1. The van der Waals surface area contributed by atoms with E-state index in [-0.39, 0.29) is 24.4 Å². The average Bonchev–Trinajstić information content (AvgIpc) is 2.64. The molecule has 1 rings (SSSR count). The van der Waals surface area contributed by atoms with Crippen molar-refractivity contribution in [2.24, 2.45) is 5.92 Å². The Morgan fingerprint density at radius 3 is 2.46 bits per heavy atom. The number of nitrogens with one attached hydrogen (secondary N) is 1. The number of hydrogen-bond acceptors (Lipinski definition) is 6. The zero-order valence-electron chi connectivity index (χ0n) is 17.7. The Labute approximate surface area is 170 Å². The molecule has 1 saturated heterocycles. The van der Waals surface area contributed by atoms with Crippen LogP contribution in [0.3, 0.4) is 0 Å². The molecule has 28 heavy (non-hydrogen) atoms. The van der Waals surface area contributed by atoms with E-state index in [2.05, 4.69) is 23.5 Å². The molecule has 0 saturated carbocycles. The van der Waals surface area contributed by atoms with Crippen LogP contribution in [0.1, 0.15) is 71.6 Å². The van der Waals surface area contributed by atoms with Crippen molar-refractivity contribution in [1.82, 2.24) is 9.62 Å². The fraction of sp³-hybridized carbons (Fsp3) is 0.900. The fourth-order valence-corrected chi connectivity index (χ4v) is 4.02. The highest BCUT2D eigenvalue weighted by Crippen LogP contribution is 2.24. The molecule has 1 aliphatic heterocycles. The van der Waals surface area contributed by atoms with Gasteiger partial charge in [0.1, 0.15) is 11.9 Å². The van der Waals surface area contributed by atoms with Crippen molar-refractivity contribution in [3.8, 4) is 0 Å². The number of ether oxygens (including phenoxy) is 1. The highest BCUT2D eigenvalue weighted by atomic mass is 32.2. The minimum absolute atomic E-state index is 0.00768. The first kappa shape index (κ1) is 25.0. The Morgan fingerprint density at radius 2 is 1.82 bits per heavy atom. The first-order valence-corrected chi connectivity index (χ1v) is 12.5. The van der Waals surface area contributed by atoms with E-state index in [1.807, 2.05) is 0 Å². The number of carbonyl (C=O) groups is 2. The Hall–Kier alpha value is -0.990. The SMILES string of the molecule is CCN(CC)CC[C@H]1CCCCC(CCC(=O)CNS(C)(=O)=O)CCC(=O)O1. The van der Waals surface area contributed by atoms with Crippen LogP contribution < -0.4 is 4.72 Å². The summed E-state index contributed by atoms with van der Waals surface area (Å²) in [6.45, 7) is 7.11. The molecule has 0 aliphatic carbocycles. The Balaban J connectivity index is 2.40. The van der Waals surface area contributed by atoms with Gasteiger partial charge in [-0.3, -0.25) is 9.59 Å². The zero-order valence-corrected chi connectivity index (χ0v) is 18.6. The summed E-state index contributed by atoms with van der Waals surface area (Å²) in [6, 6.07) is 0. The maximum absolute atomic E-state index is 12.2. The molecule has 0 spiro atoms. The summed E-state index contributed by atoms with van der Waals surface area (Å²) in [4.78, 5) is 26.4. The molecule has 1 unspecified atom stereocenters. The van der Waals surface area contributed by atoms with Crippen LogP contribution in [0, 0.1) is 5.92 Å². The zero-order chi connectivity index (χ0) is 21.0. The van der Waals surface area contributed by atoms with Gasteiger partial charge in [-0.15, -0.1) is 0 Å². The van der Waals surface area contributed by atoms with Gasteiger partial charge in [-0.2, -0.15) is 0 Å². The number of Topliss-reactive ketones (excluding diaryl/α,β-unsaturated/α-hetero) is 1. The molecular weight excluding hydrogens is 380 g/mol. The second kappa shape index (κ2) is 13.3. The summed E-state index contributed by atoms with van der Waals surface area (Å²) in [5, 5.41) is 0. The number of sulfonamides is 1. The van der Waals surface area contributed by atoms with Gasteiger partial charge in [0.05, 0.1) is 12.8 Å². The number of rotatable bonds is 11. The molecule has 0 aromatic rings. The molecule has 0 aromatic heterocycles. The van der Waals surface area contributed by atoms with Crippen molar-refractivity contribution >= 4 is 21.8 Å². The smallest absolute Gasteiger partial charge is 0.306 e. The topological polar surface area (TPSA) is 92.8 Å². The molecule has 164 valence electrons. The lowest BCUT2D eigenvalue weighted by molar-refractivity contribution is -0.150. The van der Waals surface area contributed by atoms with Crippen LogP contribution in [-0.2, 0) is 24.3 Å². The van der Waals surface area contributed by atoms with E-state index in [9.17, 15) is 18.0 Å². The van der Waals surface area contributed by atoms with Crippen molar-refractivity contribution in [1.29, 1.82) is 0 Å². The molecule has 1 heterocycles. The standard InChI is InChI=1S/C20H38N2O5S/c1-4-22(5-2)15-14-19-9-7-6-8-17(11-13-20(24)27-19)10-12-18(23)16-21-28(3,25)26/h17,19,21H,4-16H2,1-3H3/t17?,19-/m1/s1. The lowest BCUT2D eigenvalue weighted by Crippen LogP contribution is -2.29. The summed E-state index contributed by atoms with van der Waals surface area (Å²) in [5.41, 5.74) is 0. The quantitative estimate of drug-likeness (QED) is 0.518. The van der Waals surface area contributed by atoms with E-state index in [1.165, 1.54) is 0 Å². The third kappa shape index (κ3) is 11.8. The van der Waals surface area contributed by atoms with Gasteiger partial charge >= 0.3 is 5.97 Å². The molecule has 0 amide bonds. The van der Waals surface area contributed by atoms with Crippen LogP contribution in [0.2, 0.25) is 0 Å². The fourth-order valence-electron chi connectivity index (χ4n) is 3.60. The maximum Gasteiger partial charge on any atom is 0.306 e. The average molecular weight is 419 g/mol. The summed E-state index contributed by atoms with van der Waals surface area (Å²) < 4.78 is 30.1. The van der Waals surface area contributed by atoms with Crippen molar-refractivity contribution < 1.29 is 22.7 Å². The first-order valence-electron chi connectivity index (χ1n) is 10.6. The first-order chi connectivity index (χ1) is 13.2. The van der Waals surface area contributed by atoms with Crippen molar-refractivity contribution in [3.05, 3.63) is 0 Å². The van der Waals surface area contributed by atoms with E-state index >= 15 is 0 Å². The van der Waals surface area contributed by atoms with Crippen LogP contribution in [0.5, 0.6) is 0 Å². The lowest BCUT2D eigenvalue weighted by atomic mass is 9.90. The highest BCUT2D eigenvalue weighted by Gasteiger charge is 2.20. The summed E-state index contributed by atoms with van der Waals surface area (Å²) in [5.74, 6) is 0.0602. The highest BCUT2D eigenvalue weighted by molar-refractivity contribution is 7.88. The van der Waals surface area contributed by atoms with Crippen LogP contribution in [0.4, 0.5) is 0 Å². The van der Waals surface area contributed by atoms with Gasteiger partial charge in [0.25, 0.3) is 0 Å². The maximum atomic E-state index is 12.2. The van der Waals surface area contributed by atoms with Gasteiger partial charge in [0, 0.05) is 19.4 Å². The second-order valence-corrected chi connectivity index (χ2v) is 9.62. The van der Waals surface area contributed by atoms with Gasteiger partial charge in [-0.1, -0.05) is 26.7 Å². The molecular formula is C20H38N2O5S. The van der Waals surface area contributed by atoms with Crippen LogP contribution >= 0.6 is 0 Å². The Kier molecular flexibility index (Phi) is 11.9. The molecule has 8 heteroatoms. The van der Waals surface area contributed by atoms with E-state index in [0.29, 0.717) is 25.2 Å². The van der Waals surface area contributed by atoms with Crippen LogP contribution in [0.25, 0.3) is 0 Å². The Bertz CT molecular complexity index is 575. The predicted octanol–water partition coefficient (Wildman–Crippen LogP) is 2.50. The van der Waals surface area contributed by atoms with Gasteiger partial charge in [-0.25, -0.2) is 13.1 Å². The number of carbonyl (C=O) groups excluding carboxylic acids is 2. The third-order valence-electron chi connectivity index (χ3n) is 5.47. The molecule has 7 nitrogen and oxygen atoms in total. The molecule has 0 bridgehead atoms. The summed E-state index contributed by atoms with van der Waals surface area (Å²) in [7, 11) is -3.34. The minimum atomic E-state index is -3.34. The summed E-state index contributed by atoms with van der Waals surface area (Å²) >= 11 is 0. The van der Waals surface area contributed by atoms with Crippen molar-refractivity contribution in [2.75, 3.05) is 32.4 Å². The van der Waals surface area contributed by atoms with Gasteiger partial charge in [-0.05, 0) is 51.1 Å². The molecule has 2 atom stereocenters. The number of nitrogens with zero attached hydrogens (tertiary/aromatic N) is 1. The van der Waals surface area contributed by atoms with E-state index < -0.39 is 10.0 Å². The number of ketones is 1. The third-order valence-corrected chi connectivity index (χ3v) is 6.14. The van der Waals surface area contributed by atoms with Crippen molar-refractivity contribution in [2.45, 2.75) is 77.7 Å². The van der Waals surface area contributed by atoms with E-state index in [0.717, 1.165) is 64.4 Å². The lowest BCUT2D eigenvalue weighted by Gasteiger charge is -2.25. The number of esters is 1. The van der Waals surface area contributed by atoms with Crippen LogP contribution in [0.15, 0.2) is 0 Å². The number of hydrogen-bond donors (Lipinski definition) is 1. The van der Waals surface area contributed by atoms with Crippen LogP contribution in [-0.4, -0.2) is 63.6 Å². The monoisotopic (exact) mass is 418 g/mol. The largest absolute Gasteiger partial charge is 0.462 e. The van der Waals surface area contributed by atoms with E-state index in [1.54, 1.807) is 0 Å². The minimum Gasteiger partial charge on any atom is -0.462 e. The predicted molar refractivity (Wildman–Crippen MR) is 111 cm³/mol. The van der Waals surface area contributed by atoms with Gasteiger partial charge in [0.15, 0.2) is 0 Å². The molecule has 0 radical (unpaired) electrons.